The highest BCUT2D eigenvalue weighted by Crippen LogP contribution is 2.33. The van der Waals surface area contributed by atoms with Crippen LogP contribution in [-0.2, 0) is 19.0 Å². The molecule has 2 aromatic rings. The molecule has 0 amide bonds. The number of aromatic nitrogens is 2. The largest absolute Gasteiger partial charge is 0.490 e. The van der Waals surface area contributed by atoms with Crippen molar-refractivity contribution in [2.45, 2.75) is 30.6 Å². The Kier molecular flexibility index (Phi) is 4.89. The van der Waals surface area contributed by atoms with Gasteiger partial charge in [0.05, 0.1) is 29.3 Å². The van der Waals surface area contributed by atoms with Crippen molar-refractivity contribution in [2.24, 2.45) is 0 Å². The summed E-state index contributed by atoms with van der Waals surface area (Å²) < 4.78 is 59.0. The lowest BCUT2D eigenvalue weighted by atomic mass is 10.1. The summed E-state index contributed by atoms with van der Waals surface area (Å²) in [5.41, 5.74) is 1.33. The Morgan fingerprint density at radius 1 is 1.26 bits per heavy atom. The highest BCUT2D eigenvalue weighted by Gasteiger charge is 2.53. The van der Waals surface area contributed by atoms with Gasteiger partial charge in [-0.15, -0.1) is 0 Å². The highest BCUT2D eigenvalue weighted by atomic mass is 127. The van der Waals surface area contributed by atoms with Gasteiger partial charge in [0.2, 0.25) is 0 Å². The Balaban J connectivity index is 1.44. The van der Waals surface area contributed by atoms with Crippen molar-refractivity contribution in [3.8, 4) is 6.01 Å². The first kappa shape index (κ1) is 19.0. The summed E-state index contributed by atoms with van der Waals surface area (Å²) >= 11 is 8.15. The summed E-state index contributed by atoms with van der Waals surface area (Å²) in [6.45, 7) is -0.143. The Bertz CT molecular complexity index is 853. The number of carbonyl (C=O) groups is 1. The van der Waals surface area contributed by atoms with Crippen LogP contribution in [0.25, 0.3) is 11.0 Å². The number of alkyl halides is 3. The third kappa shape index (κ3) is 3.69. The van der Waals surface area contributed by atoms with Gasteiger partial charge < -0.3 is 23.9 Å². The Morgan fingerprint density at radius 3 is 2.63 bits per heavy atom. The smallest absolute Gasteiger partial charge is 0.456 e. The van der Waals surface area contributed by atoms with Crippen LogP contribution in [0.2, 0.25) is 5.02 Å². The Labute approximate surface area is 168 Å². The zero-order chi connectivity index (χ0) is 19.3. The molecule has 2 aliphatic heterocycles. The minimum absolute atomic E-state index is 0.0603. The van der Waals surface area contributed by atoms with Gasteiger partial charge in [0, 0.05) is 3.57 Å². The molecule has 0 unspecified atom stereocenters. The summed E-state index contributed by atoms with van der Waals surface area (Å²) in [6.07, 6.45) is -8.33. The third-order valence-electron chi connectivity index (χ3n) is 4.22. The molecule has 27 heavy (non-hydrogen) atoms. The molecule has 2 saturated heterocycles. The predicted octanol–water partition coefficient (Wildman–Crippen LogP) is 2.84. The number of rotatable bonds is 3. The predicted molar refractivity (Wildman–Crippen MR) is 93.7 cm³/mol. The molecule has 0 aliphatic carbocycles. The molecular weight excluding hydrogens is 508 g/mol. The topological polar surface area (TPSA) is 82.7 Å². The number of esters is 1. The minimum Gasteiger partial charge on any atom is -0.456 e. The molecule has 0 saturated carbocycles. The molecule has 4 atom stereocenters. The van der Waals surface area contributed by atoms with E-state index in [1.165, 1.54) is 0 Å². The van der Waals surface area contributed by atoms with E-state index in [0.717, 1.165) is 3.57 Å². The summed E-state index contributed by atoms with van der Waals surface area (Å²) in [5.74, 6) is -2.27. The van der Waals surface area contributed by atoms with Gasteiger partial charge in [-0.3, -0.25) is 0 Å². The van der Waals surface area contributed by atoms with Gasteiger partial charge in [-0.05, 0) is 34.7 Å². The standard InChI is InChI=1S/C15H11ClF3IN2O5/c16-5-1-7-8(2-6(5)20)22-14(21-7)27-10-4-25-11-9(3-24-12(10)11)26-13(23)15(17,18)19/h1-2,9-12H,3-4H2,(H,21,22)/t9-,10-,11-,12-/m1/s1. The van der Waals surface area contributed by atoms with Gasteiger partial charge in [0.25, 0.3) is 6.01 Å². The number of aromatic amines is 1. The summed E-state index contributed by atoms with van der Waals surface area (Å²) in [7, 11) is 0. The normalized spacial score (nSPS) is 27.7. The van der Waals surface area contributed by atoms with Crippen LogP contribution >= 0.6 is 34.2 Å². The van der Waals surface area contributed by atoms with E-state index in [1.54, 1.807) is 12.1 Å². The summed E-state index contributed by atoms with van der Waals surface area (Å²) in [5, 5.41) is 0.566. The number of halogens is 5. The number of fused-ring (bicyclic) bond motifs is 2. The number of nitrogens with one attached hydrogen (secondary N) is 1. The number of nitrogens with zero attached hydrogens (tertiary/aromatic N) is 1. The average Bonchev–Trinajstić information content (AvgIpc) is 3.25. The number of benzene rings is 1. The molecule has 1 aromatic heterocycles. The van der Waals surface area contributed by atoms with Crippen LogP contribution in [-0.4, -0.2) is 59.7 Å². The lowest BCUT2D eigenvalue weighted by molar-refractivity contribution is -0.208. The van der Waals surface area contributed by atoms with Crippen molar-refractivity contribution in [3.63, 3.8) is 0 Å². The molecule has 1 aromatic carbocycles. The van der Waals surface area contributed by atoms with Crippen molar-refractivity contribution in [2.75, 3.05) is 13.2 Å². The van der Waals surface area contributed by atoms with Crippen LogP contribution < -0.4 is 4.74 Å². The van der Waals surface area contributed by atoms with Crippen molar-refractivity contribution in [1.82, 2.24) is 9.97 Å². The molecule has 4 rings (SSSR count). The van der Waals surface area contributed by atoms with Gasteiger partial charge in [-0.1, -0.05) is 11.6 Å². The summed E-state index contributed by atoms with van der Waals surface area (Å²) in [6, 6.07) is 3.70. The van der Waals surface area contributed by atoms with Crippen LogP contribution in [0.1, 0.15) is 0 Å². The molecular formula is C15H11ClF3IN2O5. The third-order valence-corrected chi connectivity index (χ3v) is 5.74. The van der Waals surface area contributed by atoms with Crippen LogP contribution in [0.15, 0.2) is 12.1 Å². The number of ether oxygens (including phenoxy) is 4. The number of H-pyrrole nitrogens is 1. The van der Waals surface area contributed by atoms with Crippen LogP contribution in [0.5, 0.6) is 6.01 Å². The molecule has 12 heteroatoms. The van der Waals surface area contributed by atoms with E-state index in [0.29, 0.717) is 16.1 Å². The minimum atomic E-state index is -5.07. The second-order valence-corrected chi connectivity index (χ2v) is 7.59. The fourth-order valence-corrected chi connectivity index (χ4v) is 3.63. The zero-order valence-corrected chi connectivity index (χ0v) is 16.2. The number of hydrogen-bond acceptors (Lipinski definition) is 6. The zero-order valence-electron chi connectivity index (χ0n) is 13.3. The first-order chi connectivity index (χ1) is 12.7. The van der Waals surface area contributed by atoms with Crippen LogP contribution in [0.3, 0.4) is 0 Å². The second kappa shape index (κ2) is 6.94. The quantitative estimate of drug-likeness (QED) is 0.497. The fraction of sp³-hybridized carbons (Fsp3) is 0.467. The first-order valence-electron chi connectivity index (χ1n) is 7.75. The van der Waals surface area contributed by atoms with Gasteiger partial charge in [-0.25, -0.2) is 4.79 Å². The van der Waals surface area contributed by atoms with E-state index in [2.05, 4.69) is 37.3 Å². The molecule has 0 spiro atoms. The van der Waals surface area contributed by atoms with Gasteiger partial charge in [-0.2, -0.15) is 18.2 Å². The fourth-order valence-electron chi connectivity index (χ4n) is 3.02. The second-order valence-electron chi connectivity index (χ2n) is 6.02. The molecule has 0 radical (unpaired) electrons. The van der Waals surface area contributed by atoms with E-state index < -0.39 is 36.6 Å². The van der Waals surface area contributed by atoms with Gasteiger partial charge in [0.15, 0.2) is 12.2 Å². The lowest BCUT2D eigenvalue weighted by Crippen LogP contribution is -2.38. The van der Waals surface area contributed by atoms with E-state index in [-0.39, 0.29) is 19.2 Å². The molecule has 1 N–H and O–H groups in total. The molecule has 2 fully saturated rings. The molecule has 2 aliphatic rings. The Hall–Kier alpha value is -1.31. The van der Waals surface area contributed by atoms with Crippen molar-refractivity contribution < 1.29 is 36.9 Å². The number of carbonyl (C=O) groups excluding carboxylic acids is 1. The molecule has 3 heterocycles. The molecule has 7 nitrogen and oxygen atoms in total. The molecule has 0 bridgehead atoms. The van der Waals surface area contributed by atoms with Gasteiger partial charge in [0.1, 0.15) is 12.2 Å². The monoisotopic (exact) mass is 518 g/mol. The Morgan fingerprint density at radius 2 is 1.93 bits per heavy atom. The maximum atomic E-state index is 12.4. The van der Waals surface area contributed by atoms with E-state index in [4.69, 9.17) is 25.8 Å². The SMILES string of the molecule is O=C(O[C@@H]1CO[C@H]2[C@@H]1OC[C@H]2Oc1nc2cc(I)c(Cl)cc2[nH]1)C(F)(F)F. The maximum absolute atomic E-state index is 12.4. The highest BCUT2D eigenvalue weighted by molar-refractivity contribution is 14.1. The van der Waals surface area contributed by atoms with Gasteiger partial charge >= 0.3 is 12.1 Å². The lowest BCUT2D eigenvalue weighted by Gasteiger charge is -2.17. The van der Waals surface area contributed by atoms with E-state index in [9.17, 15) is 18.0 Å². The van der Waals surface area contributed by atoms with Crippen LogP contribution in [0, 0.1) is 3.57 Å². The molecule has 146 valence electrons. The van der Waals surface area contributed by atoms with Crippen LogP contribution in [0.4, 0.5) is 13.2 Å². The van der Waals surface area contributed by atoms with Crippen molar-refractivity contribution >= 4 is 51.2 Å². The maximum Gasteiger partial charge on any atom is 0.490 e. The first-order valence-corrected chi connectivity index (χ1v) is 9.20. The number of imidazole rings is 1. The van der Waals surface area contributed by atoms with E-state index in [1.807, 2.05) is 0 Å². The van der Waals surface area contributed by atoms with Crippen molar-refractivity contribution in [3.05, 3.63) is 20.7 Å². The van der Waals surface area contributed by atoms with E-state index >= 15 is 0 Å². The summed E-state index contributed by atoms with van der Waals surface area (Å²) in [4.78, 5) is 18.3. The average molecular weight is 519 g/mol. The van der Waals surface area contributed by atoms with Crippen molar-refractivity contribution in [1.29, 1.82) is 0 Å². The number of hydrogen-bond donors (Lipinski definition) is 1.